The molecule has 3 heterocycles. The van der Waals surface area contributed by atoms with Crippen molar-refractivity contribution in [2.45, 2.75) is 50.5 Å². The summed E-state index contributed by atoms with van der Waals surface area (Å²) in [6.45, 7) is 2.08. The van der Waals surface area contributed by atoms with Crippen LogP contribution >= 0.6 is 0 Å². The molecule has 2 aliphatic rings. The van der Waals surface area contributed by atoms with Crippen LogP contribution in [0.4, 0.5) is 4.39 Å². The SMILES string of the molecule is FC[C@@H]1CN(Cc2cccnc2)C[C@H]1c1nc(C2CCCCC2)n[nH]1. The van der Waals surface area contributed by atoms with E-state index in [1.807, 2.05) is 12.3 Å². The second kappa shape index (κ2) is 7.60. The summed E-state index contributed by atoms with van der Waals surface area (Å²) < 4.78 is 13.6. The van der Waals surface area contributed by atoms with E-state index in [9.17, 15) is 4.39 Å². The highest BCUT2D eigenvalue weighted by atomic mass is 19.1. The van der Waals surface area contributed by atoms with Crippen LogP contribution in [0.1, 0.15) is 61.2 Å². The Morgan fingerprint density at radius 3 is 2.84 bits per heavy atom. The molecule has 0 radical (unpaired) electrons. The Labute approximate surface area is 148 Å². The number of nitrogens with zero attached hydrogens (tertiary/aromatic N) is 4. The Morgan fingerprint density at radius 1 is 1.20 bits per heavy atom. The highest BCUT2D eigenvalue weighted by molar-refractivity contribution is 5.12. The Bertz CT molecular complexity index is 667. The molecule has 0 unspecified atom stereocenters. The van der Waals surface area contributed by atoms with Crippen LogP contribution in [0.3, 0.4) is 0 Å². The Hall–Kier alpha value is -1.82. The standard InChI is InChI=1S/C19H26FN5/c20-9-16-12-25(11-14-5-4-8-21-10-14)13-17(16)19-22-18(23-24-19)15-6-2-1-3-7-15/h4-5,8,10,15-17H,1-3,6-7,9,11-13H2,(H,22,23,24)/t16-,17-/m1/s1. The fourth-order valence-electron chi connectivity index (χ4n) is 4.30. The van der Waals surface area contributed by atoms with Crippen molar-refractivity contribution in [3.05, 3.63) is 41.7 Å². The van der Waals surface area contributed by atoms with Gasteiger partial charge in [-0.1, -0.05) is 25.3 Å². The molecule has 0 aromatic carbocycles. The average Bonchev–Trinajstić information content (AvgIpc) is 3.30. The van der Waals surface area contributed by atoms with Gasteiger partial charge in [-0.2, -0.15) is 5.10 Å². The Balaban J connectivity index is 1.44. The van der Waals surface area contributed by atoms with Crippen LogP contribution in [-0.4, -0.2) is 44.8 Å². The summed E-state index contributed by atoms with van der Waals surface area (Å²) in [4.78, 5) is 11.3. The number of aromatic nitrogens is 4. The van der Waals surface area contributed by atoms with Gasteiger partial charge in [-0.05, 0) is 24.5 Å². The molecule has 2 aromatic heterocycles. The number of hydrogen-bond acceptors (Lipinski definition) is 4. The van der Waals surface area contributed by atoms with Gasteiger partial charge in [0.2, 0.25) is 0 Å². The van der Waals surface area contributed by atoms with Gasteiger partial charge in [0.05, 0.1) is 6.67 Å². The number of rotatable bonds is 5. The van der Waals surface area contributed by atoms with Crippen molar-refractivity contribution in [1.82, 2.24) is 25.1 Å². The minimum atomic E-state index is -0.312. The van der Waals surface area contributed by atoms with E-state index in [0.717, 1.165) is 31.3 Å². The van der Waals surface area contributed by atoms with Gasteiger partial charge in [-0.3, -0.25) is 19.4 Å². The van der Waals surface area contributed by atoms with Crippen molar-refractivity contribution in [2.75, 3.05) is 19.8 Å². The second-order valence-corrected chi connectivity index (χ2v) is 7.49. The Kier molecular flexibility index (Phi) is 5.06. The Morgan fingerprint density at radius 2 is 2.08 bits per heavy atom. The fourth-order valence-corrected chi connectivity index (χ4v) is 4.30. The number of likely N-dealkylation sites (tertiary alicyclic amines) is 1. The van der Waals surface area contributed by atoms with Crippen LogP contribution < -0.4 is 0 Å². The number of aromatic amines is 1. The molecule has 2 aromatic rings. The van der Waals surface area contributed by atoms with Crippen LogP contribution in [0, 0.1) is 5.92 Å². The lowest BCUT2D eigenvalue weighted by Crippen LogP contribution is -2.20. The molecule has 2 atom stereocenters. The summed E-state index contributed by atoms with van der Waals surface area (Å²) in [5.41, 5.74) is 1.17. The molecule has 5 nitrogen and oxygen atoms in total. The third kappa shape index (κ3) is 3.73. The lowest BCUT2D eigenvalue weighted by Gasteiger charge is -2.18. The van der Waals surface area contributed by atoms with E-state index in [4.69, 9.17) is 4.98 Å². The van der Waals surface area contributed by atoms with Gasteiger partial charge >= 0.3 is 0 Å². The van der Waals surface area contributed by atoms with Gasteiger partial charge in [0.25, 0.3) is 0 Å². The monoisotopic (exact) mass is 343 g/mol. The normalized spacial score (nSPS) is 25.5. The summed E-state index contributed by atoms with van der Waals surface area (Å²) >= 11 is 0. The predicted molar refractivity (Wildman–Crippen MR) is 93.9 cm³/mol. The molecule has 4 rings (SSSR count). The fraction of sp³-hybridized carbons (Fsp3) is 0.632. The van der Waals surface area contributed by atoms with Crippen molar-refractivity contribution in [2.24, 2.45) is 5.92 Å². The maximum Gasteiger partial charge on any atom is 0.153 e. The molecule has 0 spiro atoms. The average molecular weight is 343 g/mol. The predicted octanol–water partition coefficient (Wildman–Crippen LogP) is 3.43. The molecule has 2 fully saturated rings. The lowest BCUT2D eigenvalue weighted by atomic mass is 9.89. The zero-order valence-corrected chi connectivity index (χ0v) is 14.6. The van der Waals surface area contributed by atoms with Crippen molar-refractivity contribution in [1.29, 1.82) is 0 Å². The molecule has 25 heavy (non-hydrogen) atoms. The number of H-pyrrole nitrogens is 1. The van der Waals surface area contributed by atoms with Crippen molar-refractivity contribution in [3.63, 3.8) is 0 Å². The first-order valence-electron chi connectivity index (χ1n) is 9.43. The summed E-state index contributed by atoms with van der Waals surface area (Å²) in [5, 5.41) is 7.60. The summed E-state index contributed by atoms with van der Waals surface area (Å²) in [6.07, 6.45) is 9.89. The van der Waals surface area contributed by atoms with Gasteiger partial charge in [-0.25, -0.2) is 4.98 Å². The largest absolute Gasteiger partial charge is 0.298 e. The van der Waals surface area contributed by atoms with Crippen molar-refractivity contribution >= 4 is 0 Å². The number of hydrogen-bond donors (Lipinski definition) is 1. The van der Waals surface area contributed by atoms with Gasteiger partial charge < -0.3 is 0 Å². The minimum Gasteiger partial charge on any atom is -0.298 e. The van der Waals surface area contributed by atoms with Crippen LogP contribution in [0.25, 0.3) is 0 Å². The molecule has 134 valence electrons. The molecule has 1 saturated carbocycles. The van der Waals surface area contributed by atoms with Crippen molar-refractivity contribution < 1.29 is 4.39 Å². The third-order valence-electron chi connectivity index (χ3n) is 5.69. The number of alkyl halides is 1. The van der Waals surface area contributed by atoms with E-state index in [1.165, 1.54) is 37.7 Å². The molecular formula is C19H26FN5. The van der Waals surface area contributed by atoms with Crippen LogP contribution in [0.15, 0.2) is 24.5 Å². The highest BCUT2D eigenvalue weighted by Gasteiger charge is 2.36. The van der Waals surface area contributed by atoms with E-state index in [2.05, 4.69) is 26.1 Å². The maximum atomic E-state index is 13.6. The number of pyridine rings is 1. The second-order valence-electron chi connectivity index (χ2n) is 7.49. The highest BCUT2D eigenvalue weighted by Crippen LogP contribution is 2.34. The molecule has 1 N–H and O–H groups in total. The first-order valence-corrected chi connectivity index (χ1v) is 9.43. The topological polar surface area (TPSA) is 57.7 Å². The van der Waals surface area contributed by atoms with Crippen LogP contribution in [0.5, 0.6) is 0 Å². The van der Waals surface area contributed by atoms with Crippen molar-refractivity contribution in [3.8, 4) is 0 Å². The zero-order chi connectivity index (χ0) is 17.1. The van der Waals surface area contributed by atoms with E-state index in [0.29, 0.717) is 5.92 Å². The van der Waals surface area contributed by atoms with E-state index in [1.54, 1.807) is 6.20 Å². The quantitative estimate of drug-likeness (QED) is 0.903. The maximum absolute atomic E-state index is 13.6. The summed E-state index contributed by atoms with van der Waals surface area (Å²) in [7, 11) is 0. The van der Waals surface area contributed by atoms with Gasteiger partial charge in [0.15, 0.2) is 5.82 Å². The van der Waals surface area contributed by atoms with Gasteiger partial charge in [0, 0.05) is 49.8 Å². The third-order valence-corrected chi connectivity index (χ3v) is 5.69. The zero-order valence-electron chi connectivity index (χ0n) is 14.6. The summed E-state index contributed by atoms with van der Waals surface area (Å²) in [5.74, 6) is 2.39. The van der Waals surface area contributed by atoms with Crippen LogP contribution in [-0.2, 0) is 6.54 Å². The molecule has 1 aliphatic carbocycles. The molecule has 1 aliphatic heterocycles. The number of halogens is 1. The van der Waals surface area contributed by atoms with Gasteiger partial charge in [0.1, 0.15) is 5.82 Å². The van der Waals surface area contributed by atoms with E-state index < -0.39 is 0 Å². The first-order chi connectivity index (χ1) is 12.3. The number of nitrogens with one attached hydrogen (secondary N) is 1. The molecular weight excluding hydrogens is 317 g/mol. The van der Waals surface area contributed by atoms with Crippen LogP contribution in [0.2, 0.25) is 0 Å². The molecule has 6 heteroatoms. The molecule has 0 amide bonds. The molecule has 1 saturated heterocycles. The molecule has 0 bridgehead atoms. The lowest BCUT2D eigenvalue weighted by molar-refractivity contribution is 0.295. The smallest absolute Gasteiger partial charge is 0.153 e. The minimum absolute atomic E-state index is 0.0103. The van der Waals surface area contributed by atoms with E-state index >= 15 is 0 Å². The first kappa shape index (κ1) is 16.6. The van der Waals surface area contributed by atoms with Gasteiger partial charge in [-0.15, -0.1) is 0 Å². The summed E-state index contributed by atoms with van der Waals surface area (Å²) in [6, 6.07) is 4.02. The van der Waals surface area contributed by atoms with E-state index in [-0.39, 0.29) is 18.5 Å².